The van der Waals surface area contributed by atoms with Crippen LogP contribution in [0.4, 0.5) is 17.1 Å². The van der Waals surface area contributed by atoms with E-state index < -0.39 is 11.1 Å². The van der Waals surface area contributed by atoms with E-state index in [4.69, 9.17) is 17.3 Å². The summed E-state index contributed by atoms with van der Waals surface area (Å²) in [6.45, 7) is 0. The highest BCUT2D eigenvalue weighted by atomic mass is 35.5. The summed E-state index contributed by atoms with van der Waals surface area (Å²) in [6.07, 6.45) is 0. The highest BCUT2D eigenvalue weighted by molar-refractivity contribution is 7.79. The van der Waals surface area contributed by atoms with E-state index in [1.165, 1.54) is 0 Å². The number of nitrogens with two attached hydrogens (primary N) is 1. The molecule has 0 aromatic heterocycles. The summed E-state index contributed by atoms with van der Waals surface area (Å²) in [5.41, 5.74) is 7.45. The molecule has 4 nitrogen and oxygen atoms in total. The minimum absolute atomic E-state index is 0.298. The second-order valence-electron chi connectivity index (χ2n) is 3.60. The van der Waals surface area contributed by atoms with E-state index in [0.717, 1.165) is 0 Å². The summed E-state index contributed by atoms with van der Waals surface area (Å²) >= 11 is 3.75. The van der Waals surface area contributed by atoms with Crippen LogP contribution >= 0.6 is 11.6 Å². The minimum Gasteiger partial charge on any atom is -0.397 e. The molecule has 6 heteroatoms. The van der Waals surface area contributed by atoms with Gasteiger partial charge in [-0.1, -0.05) is 23.7 Å². The lowest BCUT2D eigenvalue weighted by Crippen LogP contribution is -2.00. The van der Waals surface area contributed by atoms with Crippen LogP contribution in [-0.4, -0.2) is 8.76 Å². The van der Waals surface area contributed by atoms with Crippen LogP contribution in [0.2, 0.25) is 5.02 Å². The molecular formula is C12H11ClN2O2S. The van der Waals surface area contributed by atoms with Crippen molar-refractivity contribution < 1.29 is 8.76 Å². The van der Waals surface area contributed by atoms with Crippen molar-refractivity contribution in [2.45, 2.75) is 4.90 Å². The van der Waals surface area contributed by atoms with Gasteiger partial charge in [0, 0.05) is 5.02 Å². The number of hydrogen-bond acceptors (Lipinski definition) is 3. The van der Waals surface area contributed by atoms with Crippen LogP contribution in [0, 0.1) is 0 Å². The Hall–Kier alpha value is -1.56. The van der Waals surface area contributed by atoms with Crippen LogP contribution in [0.3, 0.4) is 0 Å². The van der Waals surface area contributed by atoms with Crippen molar-refractivity contribution in [2.24, 2.45) is 0 Å². The minimum atomic E-state index is -2.05. The van der Waals surface area contributed by atoms with Crippen LogP contribution in [-0.2, 0) is 11.1 Å². The maximum absolute atomic E-state index is 11.2. The Morgan fingerprint density at radius 2 is 1.89 bits per heavy atom. The number of nitrogen functional groups attached to an aromatic ring is 1. The lowest BCUT2D eigenvalue weighted by Gasteiger charge is -2.11. The molecule has 0 radical (unpaired) electrons. The van der Waals surface area contributed by atoms with Crippen LogP contribution in [0.5, 0.6) is 0 Å². The van der Waals surface area contributed by atoms with Crippen molar-refractivity contribution in [2.75, 3.05) is 11.1 Å². The first kappa shape index (κ1) is 12.9. The van der Waals surface area contributed by atoms with E-state index in [1.54, 1.807) is 42.5 Å². The topological polar surface area (TPSA) is 75.3 Å². The van der Waals surface area contributed by atoms with Gasteiger partial charge < -0.3 is 15.6 Å². The molecule has 0 aliphatic carbocycles. The summed E-state index contributed by atoms with van der Waals surface area (Å²) < 4.78 is 20.3. The molecule has 94 valence electrons. The Kier molecular flexibility index (Phi) is 3.86. The Morgan fingerprint density at radius 3 is 2.56 bits per heavy atom. The van der Waals surface area contributed by atoms with Crippen molar-refractivity contribution >= 4 is 39.7 Å². The van der Waals surface area contributed by atoms with Crippen molar-refractivity contribution in [3.05, 3.63) is 47.5 Å². The molecule has 4 N–H and O–H groups in total. The Labute approximate surface area is 112 Å². The van der Waals surface area contributed by atoms with Gasteiger partial charge in [-0.15, -0.1) is 0 Å². The van der Waals surface area contributed by atoms with E-state index in [1.807, 2.05) is 0 Å². The zero-order chi connectivity index (χ0) is 13.1. The van der Waals surface area contributed by atoms with Crippen LogP contribution in [0.1, 0.15) is 0 Å². The average Bonchev–Trinajstić information content (AvgIpc) is 2.33. The molecule has 0 bridgehead atoms. The van der Waals surface area contributed by atoms with Crippen molar-refractivity contribution in [1.29, 1.82) is 0 Å². The molecule has 18 heavy (non-hydrogen) atoms. The van der Waals surface area contributed by atoms with Gasteiger partial charge in [-0.3, -0.25) is 0 Å². The average molecular weight is 283 g/mol. The van der Waals surface area contributed by atoms with Gasteiger partial charge in [-0.2, -0.15) is 0 Å². The van der Waals surface area contributed by atoms with E-state index >= 15 is 0 Å². The molecule has 2 rings (SSSR count). The number of nitrogens with one attached hydrogen (secondary N) is 1. The summed E-state index contributed by atoms with van der Waals surface area (Å²) in [5, 5.41) is 3.55. The molecule has 0 saturated heterocycles. The molecule has 0 aliphatic rings. The quantitative estimate of drug-likeness (QED) is 0.597. The molecule has 1 unspecified atom stereocenters. The standard InChI is InChI=1S/C12H11ClN2O2S/c13-8-5-6-10(9(14)7-8)15-11-3-1-2-4-12(11)18(16)17/h1-7,15H,14H2,(H,16,17). The number of anilines is 3. The largest absolute Gasteiger partial charge is 0.397 e. The predicted octanol–water partition coefficient (Wildman–Crippen LogP) is 3.25. The van der Waals surface area contributed by atoms with E-state index in [9.17, 15) is 8.76 Å². The summed E-state index contributed by atoms with van der Waals surface area (Å²) in [4.78, 5) is 0.298. The van der Waals surface area contributed by atoms with Gasteiger partial charge >= 0.3 is 0 Å². The van der Waals surface area contributed by atoms with Gasteiger partial charge in [-0.25, -0.2) is 4.21 Å². The van der Waals surface area contributed by atoms with Gasteiger partial charge in [0.15, 0.2) is 11.1 Å². The molecule has 0 spiro atoms. The number of halogens is 1. The first-order chi connectivity index (χ1) is 8.58. The van der Waals surface area contributed by atoms with Gasteiger partial charge in [0.05, 0.1) is 22.0 Å². The second kappa shape index (κ2) is 5.39. The zero-order valence-corrected chi connectivity index (χ0v) is 10.8. The molecule has 2 aromatic carbocycles. The van der Waals surface area contributed by atoms with Gasteiger partial charge in [0.25, 0.3) is 0 Å². The van der Waals surface area contributed by atoms with E-state index in [0.29, 0.717) is 27.0 Å². The third kappa shape index (κ3) is 2.81. The molecular weight excluding hydrogens is 272 g/mol. The molecule has 0 aliphatic heterocycles. The first-order valence-corrected chi connectivity index (χ1v) is 6.58. The molecule has 0 heterocycles. The highest BCUT2D eigenvalue weighted by Gasteiger charge is 2.08. The third-order valence-electron chi connectivity index (χ3n) is 2.36. The second-order valence-corrected chi connectivity index (χ2v) is 4.98. The van der Waals surface area contributed by atoms with Gasteiger partial charge in [0.1, 0.15) is 0 Å². The maximum atomic E-state index is 11.2. The van der Waals surface area contributed by atoms with Crippen LogP contribution < -0.4 is 11.1 Å². The van der Waals surface area contributed by atoms with Gasteiger partial charge in [0.2, 0.25) is 0 Å². The molecule has 2 aromatic rings. The Bertz CT molecular complexity index is 604. The summed E-state index contributed by atoms with van der Waals surface area (Å²) in [7, 11) is 0. The summed E-state index contributed by atoms with van der Waals surface area (Å²) in [5.74, 6) is 0. The third-order valence-corrected chi connectivity index (χ3v) is 3.33. The fourth-order valence-electron chi connectivity index (χ4n) is 1.51. The molecule has 0 saturated carbocycles. The number of hydrogen-bond donors (Lipinski definition) is 3. The predicted molar refractivity (Wildman–Crippen MR) is 74.6 cm³/mol. The fourth-order valence-corrected chi connectivity index (χ4v) is 2.20. The maximum Gasteiger partial charge on any atom is 0.188 e. The van der Waals surface area contributed by atoms with Crippen molar-refractivity contribution in [3.8, 4) is 0 Å². The van der Waals surface area contributed by atoms with E-state index in [-0.39, 0.29) is 0 Å². The summed E-state index contributed by atoms with van der Waals surface area (Å²) in [6, 6.07) is 11.8. The van der Waals surface area contributed by atoms with Gasteiger partial charge in [-0.05, 0) is 30.3 Å². The smallest absolute Gasteiger partial charge is 0.188 e. The lowest BCUT2D eigenvalue weighted by atomic mass is 10.2. The zero-order valence-electron chi connectivity index (χ0n) is 9.26. The van der Waals surface area contributed by atoms with Crippen LogP contribution in [0.15, 0.2) is 47.4 Å². The normalized spacial score (nSPS) is 12.1. The number of rotatable bonds is 3. The SMILES string of the molecule is Nc1cc(Cl)ccc1Nc1ccccc1S(=O)O. The Morgan fingerprint density at radius 1 is 1.17 bits per heavy atom. The number of benzene rings is 2. The van der Waals surface area contributed by atoms with Crippen molar-refractivity contribution in [1.82, 2.24) is 0 Å². The van der Waals surface area contributed by atoms with Crippen LogP contribution in [0.25, 0.3) is 0 Å². The molecule has 0 fully saturated rings. The fraction of sp³-hybridized carbons (Fsp3) is 0. The molecule has 0 amide bonds. The monoisotopic (exact) mass is 282 g/mol. The first-order valence-electron chi connectivity index (χ1n) is 5.10. The highest BCUT2D eigenvalue weighted by Crippen LogP contribution is 2.28. The van der Waals surface area contributed by atoms with Crippen molar-refractivity contribution in [3.63, 3.8) is 0 Å². The Balaban J connectivity index is 2.37. The lowest BCUT2D eigenvalue weighted by molar-refractivity contribution is 0.565. The van der Waals surface area contributed by atoms with E-state index in [2.05, 4.69) is 5.32 Å². The molecule has 1 atom stereocenters. The number of para-hydroxylation sites is 1.